The van der Waals surface area contributed by atoms with Gasteiger partial charge in [0.2, 0.25) is 0 Å². The van der Waals surface area contributed by atoms with Crippen LogP contribution in [0.3, 0.4) is 0 Å². The first-order chi connectivity index (χ1) is 9.35. The van der Waals surface area contributed by atoms with E-state index in [1.54, 1.807) is 0 Å². The van der Waals surface area contributed by atoms with Gasteiger partial charge in [0, 0.05) is 19.1 Å². The second-order valence-corrected chi connectivity index (χ2v) is 5.59. The van der Waals surface area contributed by atoms with E-state index < -0.39 is 0 Å². The zero-order chi connectivity index (χ0) is 14.2. The van der Waals surface area contributed by atoms with Crippen molar-refractivity contribution < 1.29 is 5.11 Å². The van der Waals surface area contributed by atoms with Crippen LogP contribution in [0.15, 0.2) is 0 Å². The molecule has 0 rings (SSSR count). The summed E-state index contributed by atoms with van der Waals surface area (Å²) in [4.78, 5) is 0. The minimum Gasteiger partial charge on any atom is -0.395 e. The van der Waals surface area contributed by atoms with E-state index in [1.807, 2.05) is 0 Å². The summed E-state index contributed by atoms with van der Waals surface area (Å²) in [6, 6.07) is 0.248. The Bertz CT molecular complexity index is 165. The Labute approximate surface area is 120 Å². The maximum Gasteiger partial charge on any atom is 0.0584 e. The predicted octanol–water partition coefficient (Wildman–Crippen LogP) is 3.21. The highest BCUT2D eigenvalue weighted by atomic mass is 16.3. The van der Waals surface area contributed by atoms with Gasteiger partial charge >= 0.3 is 0 Å². The average Bonchev–Trinajstić information content (AvgIpc) is 2.44. The molecule has 0 radical (unpaired) electrons. The molecule has 0 aromatic carbocycles. The van der Waals surface area contributed by atoms with Crippen LogP contribution in [-0.2, 0) is 0 Å². The van der Waals surface area contributed by atoms with Crippen molar-refractivity contribution in [2.24, 2.45) is 5.73 Å². The second-order valence-electron chi connectivity index (χ2n) is 5.59. The fraction of sp³-hybridized carbons (Fsp3) is 1.00. The van der Waals surface area contributed by atoms with Crippen LogP contribution in [0.1, 0.15) is 77.6 Å². The lowest BCUT2D eigenvalue weighted by atomic mass is 10.0. The van der Waals surface area contributed by atoms with Gasteiger partial charge in [-0.05, 0) is 6.42 Å². The van der Waals surface area contributed by atoms with Gasteiger partial charge in [-0.1, -0.05) is 71.1 Å². The van der Waals surface area contributed by atoms with Gasteiger partial charge in [-0.3, -0.25) is 0 Å². The van der Waals surface area contributed by atoms with Crippen LogP contribution in [0.25, 0.3) is 0 Å². The van der Waals surface area contributed by atoms with E-state index in [0.717, 1.165) is 13.0 Å². The fourth-order valence-electron chi connectivity index (χ4n) is 2.42. The first-order valence-corrected chi connectivity index (χ1v) is 8.39. The predicted molar refractivity (Wildman–Crippen MR) is 84.4 cm³/mol. The lowest BCUT2D eigenvalue weighted by Crippen LogP contribution is -2.35. The Morgan fingerprint density at radius 3 is 1.89 bits per heavy atom. The maximum absolute atomic E-state index is 9.19. The van der Waals surface area contributed by atoms with Crippen molar-refractivity contribution in [3.8, 4) is 0 Å². The quantitative estimate of drug-likeness (QED) is 0.401. The minimum absolute atomic E-state index is 0.234. The third-order valence-electron chi connectivity index (χ3n) is 3.70. The molecule has 0 aliphatic carbocycles. The summed E-state index contributed by atoms with van der Waals surface area (Å²) in [5, 5.41) is 12.5. The normalized spacial score (nSPS) is 12.8. The Morgan fingerprint density at radius 1 is 0.895 bits per heavy atom. The van der Waals surface area contributed by atoms with E-state index in [1.165, 1.54) is 64.2 Å². The van der Waals surface area contributed by atoms with E-state index in [9.17, 15) is 5.11 Å². The van der Waals surface area contributed by atoms with Crippen molar-refractivity contribution in [3.63, 3.8) is 0 Å². The summed E-state index contributed by atoms with van der Waals surface area (Å²) in [5.74, 6) is 0. The van der Waals surface area contributed by atoms with Crippen molar-refractivity contribution in [2.75, 3.05) is 19.7 Å². The Morgan fingerprint density at radius 2 is 1.42 bits per heavy atom. The van der Waals surface area contributed by atoms with Gasteiger partial charge in [-0.25, -0.2) is 0 Å². The molecule has 1 unspecified atom stereocenters. The van der Waals surface area contributed by atoms with Crippen molar-refractivity contribution in [2.45, 2.75) is 83.6 Å². The van der Waals surface area contributed by atoms with E-state index in [4.69, 9.17) is 5.73 Å². The third-order valence-corrected chi connectivity index (χ3v) is 3.70. The SMILES string of the molecule is CCCCCCCCCCCCC(CO)NCCN. The second kappa shape index (κ2) is 15.9. The highest BCUT2D eigenvalue weighted by Gasteiger charge is 2.04. The number of hydrogen-bond acceptors (Lipinski definition) is 3. The number of nitrogens with two attached hydrogens (primary N) is 1. The summed E-state index contributed by atoms with van der Waals surface area (Å²) in [6.07, 6.45) is 14.7. The molecule has 3 nitrogen and oxygen atoms in total. The number of rotatable bonds is 15. The molecule has 1 atom stereocenters. The van der Waals surface area contributed by atoms with Crippen LogP contribution >= 0.6 is 0 Å². The van der Waals surface area contributed by atoms with Crippen molar-refractivity contribution in [1.29, 1.82) is 0 Å². The van der Waals surface area contributed by atoms with Gasteiger partial charge in [-0.15, -0.1) is 0 Å². The van der Waals surface area contributed by atoms with Crippen LogP contribution in [-0.4, -0.2) is 30.8 Å². The Balaban J connectivity index is 3.16. The number of unbranched alkanes of at least 4 members (excludes halogenated alkanes) is 9. The number of hydrogen-bond donors (Lipinski definition) is 3. The molecule has 0 saturated carbocycles. The van der Waals surface area contributed by atoms with Crippen LogP contribution in [0.4, 0.5) is 0 Å². The lowest BCUT2D eigenvalue weighted by molar-refractivity contribution is 0.234. The largest absolute Gasteiger partial charge is 0.395 e. The molecule has 4 N–H and O–H groups in total. The van der Waals surface area contributed by atoms with Gasteiger partial charge in [0.15, 0.2) is 0 Å². The molecule has 0 aliphatic rings. The molecule has 0 bridgehead atoms. The first-order valence-electron chi connectivity index (χ1n) is 8.39. The van der Waals surface area contributed by atoms with Crippen molar-refractivity contribution in [3.05, 3.63) is 0 Å². The molecule has 0 aromatic rings. The van der Waals surface area contributed by atoms with Crippen LogP contribution in [0, 0.1) is 0 Å². The Kier molecular flexibility index (Phi) is 15.8. The van der Waals surface area contributed by atoms with Gasteiger partial charge < -0.3 is 16.2 Å². The van der Waals surface area contributed by atoms with Crippen LogP contribution < -0.4 is 11.1 Å². The standard InChI is InChI=1S/C16H36N2O/c1-2-3-4-5-6-7-8-9-10-11-12-16(15-19)18-14-13-17/h16,18-19H,2-15,17H2,1H3. The maximum atomic E-state index is 9.19. The summed E-state index contributed by atoms with van der Waals surface area (Å²) >= 11 is 0. The molecular formula is C16H36N2O. The molecule has 0 heterocycles. The molecule has 0 aliphatic heterocycles. The van der Waals surface area contributed by atoms with E-state index >= 15 is 0 Å². The molecule has 0 saturated heterocycles. The van der Waals surface area contributed by atoms with E-state index in [0.29, 0.717) is 6.54 Å². The van der Waals surface area contributed by atoms with Gasteiger partial charge in [0.05, 0.1) is 6.61 Å². The van der Waals surface area contributed by atoms with Crippen molar-refractivity contribution in [1.82, 2.24) is 5.32 Å². The summed E-state index contributed by atoms with van der Waals surface area (Å²) < 4.78 is 0. The van der Waals surface area contributed by atoms with E-state index in [-0.39, 0.29) is 12.6 Å². The number of aliphatic hydroxyl groups is 1. The lowest BCUT2D eigenvalue weighted by Gasteiger charge is -2.15. The summed E-state index contributed by atoms with van der Waals surface area (Å²) in [7, 11) is 0. The third kappa shape index (κ3) is 14.1. The zero-order valence-electron chi connectivity index (χ0n) is 13.0. The van der Waals surface area contributed by atoms with Crippen molar-refractivity contribution >= 4 is 0 Å². The average molecular weight is 272 g/mol. The Hall–Kier alpha value is -0.120. The topological polar surface area (TPSA) is 58.3 Å². The summed E-state index contributed by atoms with van der Waals surface area (Å²) in [5.41, 5.74) is 5.44. The highest BCUT2D eigenvalue weighted by molar-refractivity contribution is 4.65. The molecule has 3 heteroatoms. The first kappa shape index (κ1) is 18.9. The molecule has 19 heavy (non-hydrogen) atoms. The van der Waals surface area contributed by atoms with Gasteiger partial charge in [0.25, 0.3) is 0 Å². The number of nitrogens with one attached hydrogen (secondary N) is 1. The molecule has 0 fully saturated rings. The number of aliphatic hydroxyl groups excluding tert-OH is 1. The smallest absolute Gasteiger partial charge is 0.0584 e. The fourth-order valence-corrected chi connectivity index (χ4v) is 2.42. The molecule has 0 spiro atoms. The zero-order valence-corrected chi connectivity index (χ0v) is 13.0. The van der Waals surface area contributed by atoms with Crippen LogP contribution in [0.2, 0.25) is 0 Å². The molecule has 0 aromatic heterocycles. The van der Waals surface area contributed by atoms with Gasteiger partial charge in [0.1, 0.15) is 0 Å². The molecular weight excluding hydrogens is 236 g/mol. The van der Waals surface area contributed by atoms with Gasteiger partial charge in [-0.2, -0.15) is 0 Å². The monoisotopic (exact) mass is 272 g/mol. The molecule has 116 valence electrons. The van der Waals surface area contributed by atoms with Crippen LogP contribution in [0.5, 0.6) is 0 Å². The minimum atomic E-state index is 0.234. The highest BCUT2D eigenvalue weighted by Crippen LogP contribution is 2.11. The van der Waals surface area contributed by atoms with E-state index in [2.05, 4.69) is 12.2 Å². The molecule has 0 amide bonds. The summed E-state index contributed by atoms with van der Waals surface area (Å²) in [6.45, 7) is 3.96.